The van der Waals surface area contributed by atoms with Gasteiger partial charge in [-0.05, 0) is 17.2 Å². The van der Waals surface area contributed by atoms with Gasteiger partial charge in [0, 0.05) is 17.5 Å². The van der Waals surface area contributed by atoms with E-state index >= 15 is 0 Å². The Morgan fingerprint density at radius 2 is 2.07 bits per heavy atom. The summed E-state index contributed by atoms with van der Waals surface area (Å²) in [5.74, 6) is 0.467. The van der Waals surface area contributed by atoms with Gasteiger partial charge < -0.3 is 0 Å². The molecule has 0 saturated carbocycles. The molecular formula is C12H9ClN2. The highest BCUT2D eigenvalue weighted by Crippen LogP contribution is 2.22. The van der Waals surface area contributed by atoms with Crippen LogP contribution in [-0.2, 0) is 12.3 Å². The van der Waals surface area contributed by atoms with E-state index in [0.29, 0.717) is 12.3 Å². The van der Waals surface area contributed by atoms with Gasteiger partial charge in [0.1, 0.15) is 0 Å². The quantitative estimate of drug-likeness (QED) is 0.724. The number of pyridine rings is 1. The molecule has 1 aromatic heterocycles. The smallest absolute Gasteiger partial charge is 0.0747 e. The maximum Gasteiger partial charge on any atom is 0.0747 e. The molecule has 2 nitrogen and oxygen atoms in total. The molecule has 0 aliphatic heterocycles. The number of alkyl halides is 1. The summed E-state index contributed by atoms with van der Waals surface area (Å²) in [6.45, 7) is 0. The van der Waals surface area contributed by atoms with Crippen molar-refractivity contribution in [3.8, 4) is 6.07 Å². The van der Waals surface area contributed by atoms with E-state index in [1.807, 2.05) is 24.3 Å². The van der Waals surface area contributed by atoms with Crippen molar-refractivity contribution < 1.29 is 0 Å². The van der Waals surface area contributed by atoms with Gasteiger partial charge in [-0.3, -0.25) is 4.98 Å². The van der Waals surface area contributed by atoms with Crippen LogP contribution < -0.4 is 0 Å². The van der Waals surface area contributed by atoms with E-state index in [-0.39, 0.29) is 0 Å². The zero-order valence-electron chi connectivity index (χ0n) is 8.07. The van der Waals surface area contributed by atoms with Gasteiger partial charge in [-0.2, -0.15) is 5.26 Å². The number of halogens is 1. The molecule has 2 rings (SSSR count). The number of hydrogen-bond donors (Lipinski definition) is 0. The summed E-state index contributed by atoms with van der Waals surface area (Å²) in [5.41, 5.74) is 2.90. The Bertz CT molecular complexity index is 529. The topological polar surface area (TPSA) is 36.7 Å². The Morgan fingerprint density at radius 1 is 1.27 bits per heavy atom. The number of benzene rings is 1. The molecule has 0 bridgehead atoms. The summed E-state index contributed by atoms with van der Waals surface area (Å²) < 4.78 is 0. The highest BCUT2D eigenvalue weighted by molar-refractivity contribution is 6.18. The lowest BCUT2D eigenvalue weighted by Crippen LogP contribution is -1.91. The fourth-order valence-corrected chi connectivity index (χ4v) is 1.87. The summed E-state index contributed by atoms with van der Waals surface area (Å²) in [4.78, 5) is 4.30. The molecule has 3 heteroatoms. The lowest BCUT2D eigenvalue weighted by Gasteiger charge is -2.05. The third-order valence-electron chi connectivity index (χ3n) is 2.36. The minimum Gasteiger partial charge on any atom is -0.256 e. The van der Waals surface area contributed by atoms with Crippen LogP contribution in [0.25, 0.3) is 10.9 Å². The highest BCUT2D eigenvalue weighted by Gasteiger charge is 2.05. The molecule has 0 saturated heterocycles. The fourth-order valence-electron chi connectivity index (χ4n) is 1.63. The molecule has 0 aliphatic carbocycles. The number of nitriles is 1. The van der Waals surface area contributed by atoms with Crippen molar-refractivity contribution in [3.05, 3.63) is 41.6 Å². The van der Waals surface area contributed by atoms with Crippen molar-refractivity contribution in [3.63, 3.8) is 0 Å². The van der Waals surface area contributed by atoms with Crippen molar-refractivity contribution in [2.24, 2.45) is 0 Å². The van der Waals surface area contributed by atoms with Gasteiger partial charge in [-0.1, -0.05) is 18.2 Å². The second kappa shape index (κ2) is 4.29. The molecule has 1 aromatic carbocycles. The Kier molecular flexibility index (Phi) is 2.84. The first-order chi connectivity index (χ1) is 7.36. The van der Waals surface area contributed by atoms with Crippen LogP contribution >= 0.6 is 11.6 Å². The number of fused-ring (bicyclic) bond motifs is 1. The minimum absolute atomic E-state index is 0.385. The highest BCUT2D eigenvalue weighted by atomic mass is 35.5. The summed E-state index contributed by atoms with van der Waals surface area (Å²) in [7, 11) is 0. The van der Waals surface area contributed by atoms with E-state index in [4.69, 9.17) is 16.9 Å². The molecule has 2 aromatic rings. The van der Waals surface area contributed by atoms with Gasteiger partial charge >= 0.3 is 0 Å². The third kappa shape index (κ3) is 1.79. The van der Waals surface area contributed by atoms with Crippen molar-refractivity contribution in [1.82, 2.24) is 4.98 Å². The molecule has 0 N–H and O–H groups in total. The van der Waals surface area contributed by atoms with Gasteiger partial charge in [-0.15, -0.1) is 11.6 Å². The molecule has 1 heterocycles. The van der Waals surface area contributed by atoms with E-state index in [1.54, 1.807) is 6.20 Å². The monoisotopic (exact) mass is 216 g/mol. The predicted molar refractivity (Wildman–Crippen MR) is 60.6 cm³/mol. The van der Waals surface area contributed by atoms with Crippen LogP contribution in [0.15, 0.2) is 30.5 Å². The average Bonchev–Trinajstić information content (AvgIpc) is 2.30. The van der Waals surface area contributed by atoms with E-state index in [2.05, 4.69) is 11.1 Å². The Morgan fingerprint density at radius 3 is 2.80 bits per heavy atom. The van der Waals surface area contributed by atoms with E-state index < -0.39 is 0 Å². The zero-order chi connectivity index (χ0) is 10.7. The number of nitrogens with zero attached hydrogens (tertiary/aromatic N) is 2. The Balaban J connectivity index is 2.72. The molecular weight excluding hydrogens is 208 g/mol. The lowest BCUT2D eigenvalue weighted by molar-refractivity contribution is 1.24. The Hall–Kier alpha value is -1.59. The first-order valence-electron chi connectivity index (χ1n) is 4.65. The van der Waals surface area contributed by atoms with Crippen LogP contribution in [0.2, 0.25) is 0 Å². The molecule has 0 aliphatic rings. The second-order valence-electron chi connectivity index (χ2n) is 3.25. The summed E-state index contributed by atoms with van der Waals surface area (Å²) >= 11 is 5.84. The van der Waals surface area contributed by atoms with Crippen LogP contribution in [0, 0.1) is 11.3 Å². The van der Waals surface area contributed by atoms with Crippen LogP contribution in [0.3, 0.4) is 0 Å². The van der Waals surface area contributed by atoms with Crippen molar-refractivity contribution in [2.45, 2.75) is 12.3 Å². The molecule has 0 amide bonds. The zero-order valence-corrected chi connectivity index (χ0v) is 8.83. The first-order valence-corrected chi connectivity index (χ1v) is 5.18. The van der Waals surface area contributed by atoms with Gasteiger partial charge in [0.25, 0.3) is 0 Å². The maximum absolute atomic E-state index is 8.70. The van der Waals surface area contributed by atoms with Gasteiger partial charge in [0.2, 0.25) is 0 Å². The third-order valence-corrected chi connectivity index (χ3v) is 2.64. The summed E-state index contributed by atoms with van der Waals surface area (Å²) in [6.07, 6.45) is 2.12. The first kappa shape index (κ1) is 9.95. The lowest BCUT2D eigenvalue weighted by atomic mass is 10.0. The van der Waals surface area contributed by atoms with Crippen LogP contribution in [-0.4, -0.2) is 4.98 Å². The number of aromatic nitrogens is 1. The molecule has 0 radical (unpaired) electrons. The van der Waals surface area contributed by atoms with Crippen LogP contribution in [0.5, 0.6) is 0 Å². The fraction of sp³-hybridized carbons (Fsp3) is 0.167. The Labute approximate surface area is 93.1 Å². The minimum atomic E-state index is 0.385. The van der Waals surface area contributed by atoms with Crippen LogP contribution in [0.4, 0.5) is 0 Å². The summed E-state index contributed by atoms with van der Waals surface area (Å²) in [5, 5.41) is 9.74. The van der Waals surface area contributed by atoms with Crippen LogP contribution in [0.1, 0.15) is 11.1 Å². The van der Waals surface area contributed by atoms with E-state index in [9.17, 15) is 0 Å². The molecule has 0 spiro atoms. The summed E-state index contributed by atoms with van der Waals surface area (Å²) in [6, 6.07) is 9.90. The average molecular weight is 217 g/mol. The van der Waals surface area contributed by atoms with Crippen molar-refractivity contribution in [2.75, 3.05) is 0 Å². The number of hydrogen-bond acceptors (Lipinski definition) is 2. The molecule has 15 heavy (non-hydrogen) atoms. The molecule has 0 fully saturated rings. The number of rotatable bonds is 2. The SMILES string of the molecule is N#CCc1ccc(CCl)c2cccnc12. The maximum atomic E-state index is 8.70. The molecule has 0 atom stereocenters. The van der Waals surface area contributed by atoms with E-state index in [1.165, 1.54) is 0 Å². The van der Waals surface area contributed by atoms with E-state index in [0.717, 1.165) is 22.0 Å². The molecule has 74 valence electrons. The van der Waals surface area contributed by atoms with Gasteiger partial charge in [-0.25, -0.2) is 0 Å². The van der Waals surface area contributed by atoms with Crippen molar-refractivity contribution >= 4 is 22.5 Å². The standard InChI is InChI=1S/C12H9ClN2/c13-8-10-4-3-9(5-6-14)12-11(10)2-1-7-15-12/h1-4,7H,5,8H2. The predicted octanol–water partition coefficient (Wildman–Crippen LogP) is 3.04. The molecule has 0 unspecified atom stereocenters. The normalized spacial score (nSPS) is 10.1. The van der Waals surface area contributed by atoms with Gasteiger partial charge in [0.05, 0.1) is 18.0 Å². The largest absolute Gasteiger partial charge is 0.256 e. The van der Waals surface area contributed by atoms with Crippen molar-refractivity contribution in [1.29, 1.82) is 5.26 Å². The second-order valence-corrected chi connectivity index (χ2v) is 3.52. The van der Waals surface area contributed by atoms with Gasteiger partial charge in [0.15, 0.2) is 0 Å².